The van der Waals surface area contributed by atoms with Crippen LogP contribution in [0.3, 0.4) is 0 Å². The summed E-state index contributed by atoms with van der Waals surface area (Å²) in [4.78, 5) is 0. The highest BCUT2D eigenvalue weighted by molar-refractivity contribution is 5.22. The quantitative estimate of drug-likeness (QED) is 0.872. The predicted octanol–water partition coefficient (Wildman–Crippen LogP) is 2.33. The Hall–Kier alpha value is -1.61. The van der Waals surface area contributed by atoms with Crippen molar-refractivity contribution >= 4 is 0 Å². The number of rotatable bonds is 4. The maximum absolute atomic E-state index is 4.33. The van der Waals surface area contributed by atoms with Crippen LogP contribution in [0.15, 0.2) is 30.5 Å². The number of benzene rings is 1. The summed E-state index contributed by atoms with van der Waals surface area (Å²) in [6, 6.07) is 8.58. The number of aromatic nitrogens is 2. The van der Waals surface area contributed by atoms with E-state index in [1.807, 2.05) is 18.7 Å². The Morgan fingerprint density at radius 2 is 2.06 bits per heavy atom. The number of nitrogens with one attached hydrogen (secondary N) is 1. The lowest BCUT2D eigenvalue weighted by Crippen LogP contribution is -2.12. The summed E-state index contributed by atoms with van der Waals surface area (Å²) in [6.45, 7) is 5.93. The summed E-state index contributed by atoms with van der Waals surface area (Å²) in [6.07, 6.45) is 2.07. The first kappa shape index (κ1) is 11.9. The summed E-state index contributed by atoms with van der Waals surface area (Å²) in [5, 5.41) is 7.77. The van der Waals surface area contributed by atoms with E-state index in [1.165, 1.54) is 16.7 Å². The van der Waals surface area contributed by atoms with Crippen LogP contribution in [-0.2, 0) is 20.1 Å². The van der Waals surface area contributed by atoms with Crippen molar-refractivity contribution in [2.24, 2.45) is 7.05 Å². The monoisotopic (exact) mass is 229 g/mol. The fraction of sp³-hybridized carbons (Fsp3) is 0.357. The average Bonchev–Trinajstić information content (AvgIpc) is 2.58. The number of aryl methyl sites for hydroxylation is 3. The van der Waals surface area contributed by atoms with E-state index in [-0.39, 0.29) is 0 Å². The smallest absolute Gasteiger partial charge is 0.0638 e. The van der Waals surface area contributed by atoms with Gasteiger partial charge in [0.05, 0.1) is 5.69 Å². The normalized spacial score (nSPS) is 10.8. The highest BCUT2D eigenvalue weighted by Crippen LogP contribution is 2.06. The van der Waals surface area contributed by atoms with Gasteiger partial charge in [0.1, 0.15) is 0 Å². The number of hydrogen-bond donors (Lipinski definition) is 1. The summed E-state index contributed by atoms with van der Waals surface area (Å²) in [7, 11) is 1.96. The van der Waals surface area contributed by atoms with Gasteiger partial charge in [0.2, 0.25) is 0 Å². The molecule has 17 heavy (non-hydrogen) atoms. The molecule has 0 unspecified atom stereocenters. The topological polar surface area (TPSA) is 29.9 Å². The lowest BCUT2D eigenvalue weighted by atomic mass is 10.1. The van der Waals surface area contributed by atoms with Crippen molar-refractivity contribution in [2.45, 2.75) is 26.9 Å². The molecule has 0 aliphatic heterocycles. The fourth-order valence-corrected chi connectivity index (χ4v) is 1.99. The first-order valence-electron chi connectivity index (χ1n) is 5.90. The zero-order valence-corrected chi connectivity index (χ0v) is 10.7. The second-order valence-corrected chi connectivity index (χ2v) is 4.51. The van der Waals surface area contributed by atoms with E-state index in [1.54, 1.807) is 0 Å². The molecule has 0 bridgehead atoms. The zero-order chi connectivity index (χ0) is 12.3. The molecule has 1 heterocycles. The molecule has 0 saturated carbocycles. The van der Waals surface area contributed by atoms with E-state index in [0.29, 0.717) is 0 Å². The molecule has 0 aliphatic rings. The van der Waals surface area contributed by atoms with Crippen LogP contribution >= 0.6 is 0 Å². The van der Waals surface area contributed by atoms with Crippen molar-refractivity contribution < 1.29 is 0 Å². The third kappa shape index (κ3) is 3.17. The van der Waals surface area contributed by atoms with Crippen LogP contribution in [0.25, 0.3) is 0 Å². The van der Waals surface area contributed by atoms with Gasteiger partial charge in [0.25, 0.3) is 0 Å². The molecule has 90 valence electrons. The van der Waals surface area contributed by atoms with Crippen molar-refractivity contribution in [3.63, 3.8) is 0 Å². The minimum Gasteiger partial charge on any atom is -0.308 e. The van der Waals surface area contributed by atoms with Gasteiger partial charge in [-0.3, -0.25) is 4.68 Å². The van der Waals surface area contributed by atoms with Gasteiger partial charge in [-0.1, -0.05) is 29.8 Å². The standard InChI is InChI=1S/C14H19N3/c1-11-5-4-6-13(7-11)8-15-9-14-10-17(3)16-12(14)2/h4-7,10,15H,8-9H2,1-3H3. The first-order valence-corrected chi connectivity index (χ1v) is 5.90. The summed E-state index contributed by atoms with van der Waals surface area (Å²) in [5.41, 5.74) is 5.00. The molecule has 2 aromatic rings. The van der Waals surface area contributed by atoms with Gasteiger partial charge in [0.15, 0.2) is 0 Å². The maximum atomic E-state index is 4.33. The molecule has 3 heteroatoms. The van der Waals surface area contributed by atoms with Crippen LogP contribution in [0.5, 0.6) is 0 Å². The van der Waals surface area contributed by atoms with Gasteiger partial charge >= 0.3 is 0 Å². The van der Waals surface area contributed by atoms with Crippen LogP contribution in [0.4, 0.5) is 0 Å². The summed E-state index contributed by atoms with van der Waals surface area (Å²) in [5.74, 6) is 0. The van der Waals surface area contributed by atoms with Gasteiger partial charge in [-0.2, -0.15) is 5.10 Å². The minimum atomic E-state index is 0.869. The Bertz CT molecular complexity index is 500. The molecular formula is C14H19N3. The molecule has 3 nitrogen and oxygen atoms in total. The van der Waals surface area contributed by atoms with Crippen LogP contribution in [0.2, 0.25) is 0 Å². The third-order valence-electron chi connectivity index (χ3n) is 2.84. The number of hydrogen-bond acceptors (Lipinski definition) is 2. The van der Waals surface area contributed by atoms with Gasteiger partial charge < -0.3 is 5.32 Å². The zero-order valence-electron chi connectivity index (χ0n) is 10.7. The lowest BCUT2D eigenvalue weighted by molar-refractivity contribution is 0.690. The Morgan fingerprint density at radius 1 is 1.24 bits per heavy atom. The highest BCUT2D eigenvalue weighted by atomic mass is 15.2. The van der Waals surface area contributed by atoms with Gasteiger partial charge in [-0.25, -0.2) is 0 Å². The van der Waals surface area contributed by atoms with Crippen LogP contribution in [-0.4, -0.2) is 9.78 Å². The Morgan fingerprint density at radius 3 is 2.71 bits per heavy atom. The molecule has 2 rings (SSSR count). The van der Waals surface area contributed by atoms with E-state index >= 15 is 0 Å². The van der Waals surface area contributed by atoms with E-state index < -0.39 is 0 Å². The van der Waals surface area contributed by atoms with Crippen molar-refractivity contribution in [1.29, 1.82) is 0 Å². The summed E-state index contributed by atoms with van der Waals surface area (Å²) >= 11 is 0. The molecule has 0 spiro atoms. The molecule has 1 aromatic heterocycles. The molecule has 0 atom stereocenters. The molecule has 0 aliphatic carbocycles. The highest BCUT2D eigenvalue weighted by Gasteiger charge is 2.02. The SMILES string of the molecule is Cc1cccc(CNCc2cn(C)nc2C)c1. The molecular weight excluding hydrogens is 210 g/mol. The molecule has 0 fully saturated rings. The number of nitrogens with zero attached hydrogens (tertiary/aromatic N) is 2. The van der Waals surface area contributed by atoms with Crippen LogP contribution in [0, 0.1) is 13.8 Å². The van der Waals surface area contributed by atoms with Crippen molar-refractivity contribution in [3.05, 3.63) is 52.8 Å². The van der Waals surface area contributed by atoms with Gasteiger partial charge in [-0.05, 0) is 19.4 Å². The Labute approximate surface area is 102 Å². The maximum Gasteiger partial charge on any atom is 0.0638 e. The van der Waals surface area contributed by atoms with E-state index in [2.05, 4.69) is 47.8 Å². The van der Waals surface area contributed by atoms with Crippen LogP contribution < -0.4 is 5.32 Å². The van der Waals surface area contributed by atoms with Crippen molar-refractivity contribution in [2.75, 3.05) is 0 Å². The molecule has 0 amide bonds. The predicted molar refractivity (Wildman–Crippen MR) is 69.7 cm³/mol. The van der Waals surface area contributed by atoms with Crippen molar-refractivity contribution in [3.8, 4) is 0 Å². The Kier molecular flexibility index (Phi) is 3.59. The first-order chi connectivity index (χ1) is 8.15. The molecule has 1 N–H and O–H groups in total. The van der Waals surface area contributed by atoms with Gasteiger partial charge in [0, 0.05) is 31.9 Å². The van der Waals surface area contributed by atoms with E-state index in [9.17, 15) is 0 Å². The molecule has 0 radical (unpaired) electrons. The lowest BCUT2D eigenvalue weighted by Gasteiger charge is -2.04. The second kappa shape index (κ2) is 5.15. The minimum absolute atomic E-state index is 0.869. The largest absolute Gasteiger partial charge is 0.308 e. The summed E-state index contributed by atoms with van der Waals surface area (Å²) < 4.78 is 1.86. The third-order valence-corrected chi connectivity index (χ3v) is 2.84. The van der Waals surface area contributed by atoms with Crippen molar-refractivity contribution in [1.82, 2.24) is 15.1 Å². The average molecular weight is 229 g/mol. The van der Waals surface area contributed by atoms with Gasteiger partial charge in [-0.15, -0.1) is 0 Å². The molecule has 1 aromatic carbocycles. The molecule has 0 saturated heterocycles. The fourth-order valence-electron chi connectivity index (χ4n) is 1.99. The second-order valence-electron chi connectivity index (χ2n) is 4.51. The van der Waals surface area contributed by atoms with E-state index in [0.717, 1.165) is 18.8 Å². The Balaban J connectivity index is 1.89. The van der Waals surface area contributed by atoms with Crippen LogP contribution in [0.1, 0.15) is 22.4 Å². The van der Waals surface area contributed by atoms with E-state index in [4.69, 9.17) is 0 Å².